The number of ether oxygens (including phenoxy) is 2. The van der Waals surface area contributed by atoms with Gasteiger partial charge in [-0.1, -0.05) is 0 Å². The standard InChI is InChI=1S/C19H18N2O3S2/c1-3-23-15-8-6-13(7-9-15)17-21-14(12-26-17)11-24-19(22)16-5-4-10-20-18(16)25-2/h4-10,12H,3,11H2,1-2H3. The molecule has 0 atom stereocenters. The minimum Gasteiger partial charge on any atom is -0.494 e. The molecule has 0 aliphatic heterocycles. The number of benzene rings is 1. The zero-order chi connectivity index (χ0) is 18.4. The molecule has 0 spiro atoms. The van der Waals surface area contributed by atoms with Crippen molar-refractivity contribution in [3.63, 3.8) is 0 Å². The molecule has 0 fully saturated rings. The van der Waals surface area contributed by atoms with Crippen LogP contribution >= 0.6 is 23.1 Å². The van der Waals surface area contributed by atoms with Gasteiger partial charge in [-0.3, -0.25) is 0 Å². The van der Waals surface area contributed by atoms with Crippen LogP contribution in [0.4, 0.5) is 0 Å². The molecule has 0 bridgehead atoms. The molecule has 3 rings (SSSR count). The fraction of sp³-hybridized carbons (Fsp3) is 0.211. The molecule has 0 amide bonds. The molecule has 1 aromatic carbocycles. The quantitative estimate of drug-likeness (QED) is 0.434. The maximum Gasteiger partial charge on any atom is 0.341 e. The van der Waals surface area contributed by atoms with E-state index in [9.17, 15) is 4.79 Å². The maximum atomic E-state index is 12.3. The van der Waals surface area contributed by atoms with E-state index in [0.717, 1.165) is 22.0 Å². The summed E-state index contributed by atoms with van der Waals surface area (Å²) in [6.07, 6.45) is 3.54. The van der Waals surface area contributed by atoms with E-state index in [0.29, 0.717) is 17.2 Å². The van der Waals surface area contributed by atoms with Crippen LogP contribution in [-0.2, 0) is 11.3 Å². The summed E-state index contributed by atoms with van der Waals surface area (Å²) in [7, 11) is 0. The van der Waals surface area contributed by atoms with E-state index in [-0.39, 0.29) is 6.61 Å². The Bertz CT molecular complexity index is 879. The van der Waals surface area contributed by atoms with E-state index < -0.39 is 5.97 Å². The molecular weight excluding hydrogens is 368 g/mol. The summed E-state index contributed by atoms with van der Waals surface area (Å²) in [5.41, 5.74) is 2.21. The summed E-state index contributed by atoms with van der Waals surface area (Å²) < 4.78 is 10.8. The lowest BCUT2D eigenvalue weighted by atomic mass is 10.2. The van der Waals surface area contributed by atoms with Crippen molar-refractivity contribution >= 4 is 29.1 Å². The van der Waals surface area contributed by atoms with Gasteiger partial charge in [0.2, 0.25) is 0 Å². The summed E-state index contributed by atoms with van der Waals surface area (Å²) in [5, 5.41) is 3.44. The number of carbonyl (C=O) groups is 1. The maximum absolute atomic E-state index is 12.3. The lowest BCUT2D eigenvalue weighted by Gasteiger charge is -2.06. The number of nitrogens with zero attached hydrogens (tertiary/aromatic N) is 2. The monoisotopic (exact) mass is 386 g/mol. The lowest BCUT2D eigenvalue weighted by molar-refractivity contribution is 0.0463. The molecule has 3 aromatic rings. The normalized spacial score (nSPS) is 10.5. The summed E-state index contributed by atoms with van der Waals surface area (Å²) in [4.78, 5) is 21.0. The molecule has 7 heteroatoms. The van der Waals surface area contributed by atoms with E-state index in [1.54, 1.807) is 18.3 Å². The first-order valence-electron chi connectivity index (χ1n) is 8.05. The number of thioether (sulfide) groups is 1. The summed E-state index contributed by atoms with van der Waals surface area (Å²) in [6.45, 7) is 2.73. The van der Waals surface area contributed by atoms with E-state index in [1.165, 1.54) is 23.1 Å². The first-order chi connectivity index (χ1) is 12.7. The van der Waals surface area contributed by atoms with E-state index in [1.807, 2.05) is 42.8 Å². The topological polar surface area (TPSA) is 61.3 Å². The predicted octanol–water partition coefficient (Wildman–Crippen LogP) is 4.68. The van der Waals surface area contributed by atoms with Crippen molar-refractivity contribution in [3.05, 3.63) is 59.2 Å². The van der Waals surface area contributed by atoms with Gasteiger partial charge in [-0.15, -0.1) is 23.1 Å². The van der Waals surface area contributed by atoms with Gasteiger partial charge < -0.3 is 9.47 Å². The lowest BCUT2D eigenvalue weighted by Crippen LogP contribution is -2.07. The highest BCUT2D eigenvalue weighted by atomic mass is 32.2. The number of thiazole rings is 1. The highest BCUT2D eigenvalue weighted by Crippen LogP contribution is 2.26. The van der Waals surface area contributed by atoms with Gasteiger partial charge in [0.05, 0.1) is 17.9 Å². The highest BCUT2D eigenvalue weighted by molar-refractivity contribution is 7.98. The van der Waals surface area contributed by atoms with Crippen molar-refractivity contribution in [1.29, 1.82) is 0 Å². The van der Waals surface area contributed by atoms with Crippen LogP contribution in [0.15, 0.2) is 53.0 Å². The molecule has 0 aliphatic rings. The predicted molar refractivity (Wildman–Crippen MR) is 104 cm³/mol. The molecule has 0 aliphatic carbocycles. The van der Waals surface area contributed by atoms with Crippen LogP contribution in [0.3, 0.4) is 0 Å². The average molecular weight is 386 g/mol. The van der Waals surface area contributed by atoms with Crippen LogP contribution in [0.2, 0.25) is 0 Å². The molecule has 2 aromatic heterocycles. The highest BCUT2D eigenvalue weighted by Gasteiger charge is 2.14. The van der Waals surface area contributed by atoms with Gasteiger partial charge in [0.1, 0.15) is 22.4 Å². The number of carbonyl (C=O) groups excluding carboxylic acids is 1. The molecule has 0 unspecified atom stereocenters. The van der Waals surface area contributed by atoms with Crippen LogP contribution in [-0.4, -0.2) is 28.8 Å². The number of aromatic nitrogens is 2. The second-order valence-corrected chi connectivity index (χ2v) is 6.89. The number of rotatable bonds is 7. The molecule has 2 heterocycles. The molecule has 26 heavy (non-hydrogen) atoms. The van der Waals surface area contributed by atoms with Crippen molar-refractivity contribution in [3.8, 4) is 16.3 Å². The van der Waals surface area contributed by atoms with Gasteiger partial charge in [-0.2, -0.15) is 0 Å². The second kappa shape index (κ2) is 8.82. The average Bonchev–Trinajstić information content (AvgIpc) is 3.16. The van der Waals surface area contributed by atoms with Gasteiger partial charge in [0, 0.05) is 17.1 Å². The Balaban J connectivity index is 1.64. The third kappa shape index (κ3) is 4.42. The first kappa shape index (κ1) is 18.4. The molecular formula is C19H18N2O3S2. The fourth-order valence-corrected chi connectivity index (χ4v) is 3.64. The Morgan fingerprint density at radius 1 is 1.23 bits per heavy atom. The molecule has 0 saturated carbocycles. The first-order valence-corrected chi connectivity index (χ1v) is 10.2. The van der Waals surface area contributed by atoms with Crippen molar-refractivity contribution in [1.82, 2.24) is 9.97 Å². The van der Waals surface area contributed by atoms with Crippen LogP contribution in [0.5, 0.6) is 5.75 Å². The Kier molecular flexibility index (Phi) is 6.25. The second-order valence-electron chi connectivity index (χ2n) is 5.24. The summed E-state index contributed by atoms with van der Waals surface area (Å²) in [5.74, 6) is 0.445. The van der Waals surface area contributed by atoms with Crippen LogP contribution in [0.25, 0.3) is 10.6 Å². The molecule has 0 N–H and O–H groups in total. The van der Waals surface area contributed by atoms with Crippen molar-refractivity contribution in [2.75, 3.05) is 12.9 Å². The number of pyridine rings is 1. The van der Waals surface area contributed by atoms with Gasteiger partial charge in [-0.25, -0.2) is 14.8 Å². The SMILES string of the molecule is CCOc1ccc(-c2nc(COC(=O)c3cccnc3SC)cs2)cc1. The van der Waals surface area contributed by atoms with Crippen LogP contribution in [0, 0.1) is 0 Å². The minimum absolute atomic E-state index is 0.134. The summed E-state index contributed by atoms with van der Waals surface area (Å²) in [6, 6.07) is 11.2. The summed E-state index contributed by atoms with van der Waals surface area (Å²) >= 11 is 2.93. The number of esters is 1. The zero-order valence-corrected chi connectivity index (χ0v) is 16.1. The largest absolute Gasteiger partial charge is 0.494 e. The Morgan fingerprint density at radius 2 is 2.04 bits per heavy atom. The Morgan fingerprint density at radius 3 is 2.77 bits per heavy atom. The van der Waals surface area contributed by atoms with Crippen molar-refractivity contribution in [2.24, 2.45) is 0 Å². The molecule has 5 nitrogen and oxygen atoms in total. The molecule has 0 saturated heterocycles. The number of hydrogen-bond donors (Lipinski definition) is 0. The Labute approximate surface area is 160 Å². The molecule has 0 radical (unpaired) electrons. The third-order valence-corrected chi connectivity index (χ3v) is 5.15. The van der Waals surface area contributed by atoms with Gasteiger partial charge in [-0.05, 0) is 49.6 Å². The third-order valence-electron chi connectivity index (χ3n) is 3.50. The van der Waals surface area contributed by atoms with Crippen LogP contribution in [0.1, 0.15) is 23.0 Å². The number of hydrogen-bond acceptors (Lipinski definition) is 7. The van der Waals surface area contributed by atoms with Gasteiger partial charge >= 0.3 is 5.97 Å². The smallest absolute Gasteiger partial charge is 0.341 e. The molecule has 134 valence electrons. The van der Waals surface area contributed by atoms with E-state index in [4.69, 9.17) is 9.47 Å². The van der Waals surface area contributed by atoms with Crippen LogP contribution < -0.4 is 4.74 Å². The van der Waals surface area contributed by atoms with Crippen molar-refractivity contribution in [2.45, 2.75) is 18.6 Å². The van der Waals surface area contributed by atoms with Crippen molar-refractivity contribution < 1.29 is 14.3 Å². The zero-order valence-electron chi connectivity index (χ0n) is 14.5. The van der Waals surface area contributed by atoms with E-state index >= 15 is 0 Å². The fourth-order valence-electron chi connectivity index (χ4n) is 2.29. The minimum atomic E-state index is -0.391. The Hall–Kier alpha value is -2.38. The van der Waals surface area contributed by atoms with E-state index in [2.05, 4.69) is 9.97 Å². The van der Waals surface area contributed by atoms with Gasteiger partial charge in [0.15, 0.2) is 0 Å². The van der Waals surface area contributed by atoms with Gasteiger partial charge in [0.25, 0.3) is 0 Å².